The smallest absolute Gasteiger partial charge is 0.257 e. The molecule has 0 aliphatic rings. The van der Waals surface area contributed by atoms with Crippen molar-refractivity contribution in [3.05, 3.63) is 82.7 Å². The average Bonchev–Trinajstić information content (AvgIpc) is 3.16. The lowest BCUT2D eigenvalue weighted by atomic mass is 9.87. The van der Waals surface area contributed by atoms with Crippen LogP contribution in [0.2, 0.25) is 0 Å². The van der Waals surface area contributed by atoms with Crippen LogP contribution in [0.25, 0.3) is 0 Å². The number of carbonyl (C=O) groups is 1. The van der Waals surface area contributed by atoms with Crippen LogP contribution >= 0.6 is 0 Å². The molecule has 6 nitrogen and oxygen atoms in total. The maximum atomic E-state index is 13.1. The highest BCUT2D eigenvalue weighted by atomic mass is 16.1. The number of anilines is 1. The van der Waals surface area contributed by atoms with E-state index in [1.165, 1.54) is 5.56 Å². The number of rotatable bonds is 7. The minimum absolute atomic E-state index is 0.0348. The predicted octanol–water partition coefficient (Wildman–Crippen LogP) is 5.86. The van der Waals surface area contributed by atoms with Gasteiger partial charge in [0.25, 0.3) is 5.91 Å². The molecule has 0 aliphatic carbocycles. The summed E-state index contributed by atoms with van der Waals surface area (Å²) in [7, 11) is 0. The second-order valence-corrected chi connectivity index (χ2v) is 9.58. The van der Waals surface area contributed by atoms with Crippen LogP contribution in [0.3, 0.4) is 0 Å². The van der Waals surface area contributed by atoms with Crippen molar-refractivity contribution in [1.29, 1.82) is 0 Å². The molecule has 0 atom stereocenters. The molecule has 6 heteroatoms. The molecule has 0 spiro atoms. The molecule has 0 aliphatic heterocycles. The third kappa shape index (κ3) is 6.56. The predicted molar refractivity (Wildman–Crippen MR) is 140 cm³/mol. The number of guanidine groups is 1. The molecule has 3 rings (SSSR count). The number of para-hydroxylation sites is 1. The highest BCUT2D eigenvalue weighted by molar-refractivity contribution is 6.10. The van der Waals surface area contributed by atoms with E-state index in [2.05, 4.69) is 56.4 Å². The summed E-state index contributed by atoms with van der Waals surface area (Å²) in [5.74, 6) is 0.229. The standard InChI is InChI=1S/C28H37N5O/c1-7-17-33-19-23(20(3)32-33)18-29-27(30-25-12-10-9-11-21(25)8-2)31-26(34)22-13-15-24(16-14-22)28(4,5)6/h9-16,19H,7-8,17-18H2,1-6H3,(H2,29,30,31,34). The molecule has 1 heterocycles. The van der Waals surface area contributed by atoms with Gasteiger partial charge in [-0.05, 0) is 54.5 Å². The summed E-state index contributed by atoms with van der Waals surface area (Å²) in [6.07, 6.45) is 3.93. The van der Waals surface area contributed by atoms with Crippen LogP contribution in [-0.4, -0.2) is 21.6 Å². The Morgan fingerprint density at radius 2 is 1.74 bits per heavy atom. The third-order valence-electron chi connectivity index (χ3n) is 5.80. The van der Waals surface area contributed by atoms with E-state index >= 15 is 0 Å². The Labute approximate surface area is 203 Å². The van der Waals surface area contributed by atoms with E-state index in [1.54, 1.807) is 0 Å². The Hall–Kier alpha value is -3.41. The molecule has 1 amide bonds. The number of aryl methyl sites for hydroxylation is 3. The Morgan fingerprint density at radius 1 is 1.03 bits per heavy atom. The van der Waals surface area contributed by atoms with Crippen molar-refractivity contribution in [3.8, 4) is 0 Å². The topological polar surface area (TPSA) is 71.3 Å². The van der Waals surface area contributed by atoms with E-state index in [4.69, 9.17) is 4.99 Å². The SMILES string of the molecule is CCCn1cc(CN=C(NC(=O)c2ccc(C(C)(C)C)cc2)Nc2ccccc2CC)c(C)n1. The van der Waals surface area contributed by atoms with Crippen molar-refractivity contribution >= 4 is 17.6 Å². The van der Waals surface area contributed by atoms with Crippen molar-refractivity contribution in [2.75, 3.05) is 5.32 Å². The number of hydrogen-bond donors (Lipinski definition) is 2. The van der Waals surface area contributed by atoms with E-state index in [-0.39, 0.29) is 11.3 Å². The summed E-state index contributed by atoms with van der Waals surface area (Å²) in [6.45, 7) is 14.0. The molecular formula is C28H37N5O. The Kier molecular flexibility index (Phi) is 8.26. The molecule has 1 aromatic heterocycles. The van der Waals surface area contributed by atoms with Crippen LogP contribution in [0.1, 0.15) is 73.8 Å². The van der Waals surface area contributed by atoms with E-state index in [0.717, 1.165) is 41.9 Å². The lowest BCUT2D eigenvalue weighted by Gasteiger charge is -2.19. The maximum absolute atomic E-state index is 13.1. The second kappa shape index (κ2) is 11.1. The van der Waals surface area contributed by atoms with Gasteiger partial charge < -0.3 is 5.32 Å². The number of carbonyl (C=O) groups excluding carboxylic acids is 1. The third-order valence-corrected chi connectivity index (χ3v) is 5.80. The first-order chi connectivity index (χ1) is 16.2. The summed E-state index contributed by atoms with van der Waals surface area (Å²) >= 11 is 0. The summed E-state index contributed by atoms with van der Waals surface area (Å²) < 4.78 is 1.95. The maximum Gasteiger partial charge on any atom is 0.257 e. The Morgan fingerprint density at radius 3 is 2.38 bits per heavy atom. The van der Waals surface area contributed by atoms with Crippen LogP contribution in [-0.2, 0) is 24.9 Å². The van der Waals surface area contributed by atoms with Crippen molar-refractivity contribution in [2.24, 2.45) is 4.99 Å². The van der Waals surface area contributed by atoms with Crippen LogP contribution < -0.4 is 10.6 Å². The molecule has 0 saturated carbocycles. The van der Waals surface area contributed by atoms with Gasteiger partial charge in [-0.15, -0.1) is 0 Å². The molecule has 3 aromatic rings. The second-order valence-electron chi connectivity index (χ2n) is 9.58. The van der Waals surface area contributed by atoms with E-state index in [9.17, 15) is 4.79 Å². The minimum Gasteiger partial charge on any atom is -0.326 e. The van der Waals surface area contributed by atoms with Crippen LogP contribution in [0, 0.1) is 6.92 Å². The van der Waals surface area contributed by atoms with Crippen LogP contribution in [0.15, 0.2) is 59.7 Å². The summed E-state index contributed by atoms with van der Waals surface area (Å²) in [4.78, 5) is 17.8. The number of amides is 1. The van der Waals surface area contributed by atoms with Gasteiger partial charge in [0.05, 0.1) is 12.2 Å². The molecule has 34 heavy (non-hydrogen) atoms. The molecular weight excluding hydrogens is 422 g/mol. The highest BCUT2D eigenvalue weighted by Crippen LogP contribution is 2.22. The monoisotopic (exact) mass is 459 g/mol. The number of benzene rings is 2. The zero-order valence-electron chi connectivity index (χ0n) is 21.3. The van der Waals surface area contributed by atoms with Gasteiger partial charge in [0.15, 0.2) is 0 Å². The number of aliphatic imine (C=N–C) groups is 1. The van der Waals surface area contributed by atoms with Gasteiger partial charge >= 0.3 is 0 Å². The molecule has 2 aromatic carbocycles. The highest BCUT2D eigenvalue weighted by Gasteiger charge is 2.16. The first-order valence-electron chi connectivity index (χ1n) is 12.1. The lowest BCUT2D eigenvalue weighted by Crippen LogP contribution is -2.36. The van der Waals surface area contributed by atoms with E-state index < -0.39 is 0 Å². The van der Waals surface area contributed by atoms with Crippen LogP contribution in [0.5, 0.6) is 0 Å². The van der Waals surface area contributed by atoms with Crippen LogP contribution in [0.4, 0.5) is 5.69 Å². The van der Waals surface area contributed by atoms with Gasteiger partial charge in [-0.25, -0.2) is 4.99 Å². The summed E-state index contributed by atoms with van der Waals surface area (Å²) in [5.41, 5.74) is 5.91. The molecule has 180 valence electrons. The van der Waals surface area contributed by atoms with Crippen molar-refractivity contribution < 1.29 is 4.79 Å². The molecule has 2 N–H and O–H groups in total. The first-order valence-corrected chi connectivity index (χ1v) is 12.1. The first kappa shape index (κ1) is 25.2. The fourth-order valence-corrected chi connectivity index (χ4v) is 3.71. The quantitative estimate of drug-likeness (QED) is 0.343. The van der Waals surface area contributed by atoms with Crippen molar-refractivity contribution in [2.45, 2.75) is 72.9 Å². The fraction of sp³-hybridized carbons (Fsp3) is 0.393. The minimum atomic E-state index is -0.195. The van der Waals surface area contributed by atoms with Crippen molar-refractivity contribution in [1.82, 2.24) is 15.1 Å². The van der Waals surface area contributed by atoms with Gasteiger partial charge in [0.2, 0.25) is 5.96 Å². The number of hydrogen-bond acceptors (Lipinski definition) is 3. The number of nitrogens with zero attached hydrogens (tertiary/aromatic N) is 3. The largest absolute Gasteiger partial charge is 0.326 e. The molecule has 0 fully saturated rings. The zero-order chi connectivity index (χ0) is 24.7. The van der Waals surface area contributed by atoms with Crippen molar-refractivity contribution in [3.63, 3.8) is 0 Å². The Bertz CT molecular complexity index is 1140. The summed E-state index contributed by atoms with van der Waals surface area (Å²) in [6, 6.07) is 15.8. The number of nitrogens with one attached hydrogen (secondary N) is 2. The number of aromatic nitrogens is 2. The van der Waals surface area contributed by atoms with E-state index in [1.807, 2.05) is 60.3 Å². The summed E-state index contributed by atoms with van der Waals surface area (Å²) in [5, 5.41) is 10.9. The molecule has 0 bridgehead atoms. The average molecular weight is 460 g/mol. The molecule has 0 radical (unpaired) electrons. The zero-order valence-corrected chi connectivity index (χ0v) is 21.3. The van der Waals surface area contributed by atoms with Gasteiger partial charge in [-0.1, -0.05) is 65.0 Å². The molecule has 0 saturated heterocycles. The van der Waals surface area contributed by atoms with Gasteiger partial charge in [0, 0.05) is 29.6 Å². The Balaban J connectivity index is 1.85. The normalized spacial score (nSPS) is 12.0. The lowest BCUT2D eigenvalue weighted by molar-refractivity contribution is 0.0977. The van der Waals surface area contributed by atoms with Gasteiger partial charge in [-0.2, -0.15) is 5.10 Å². The van der Waals surface area contributed by atoms with Gasteiger partial charge in [0.1, 0.15) is 0 Å². The fourth-order valence-electron chi connectivity index (χ4n) is 3.71. The molecule has 0 unspecified atom stereocenters. The van der Waals surface area contributed by atoms with E-state index in [0.29, 0.717) is 18.1 Å². The van der Waals surface area contributed by atoms with Gasteiger partial charge in [-0.3, -0.25) is 14.8 Å².